The van der Waals surface area contributed by atoms with Gasteiger partial charge in [0.2, 0.25) is 0 Å². The van der Waals surface area contributed by atoms with Crippen molar-refractivity contribution in [3.05, 3.63) is 40.4 Å². The Morgan fingerprint density at radius 1 is 1.50 bits per heavy atom. The molecule has 0 radical (unpaired) electrons. The molecule has 0 aliphatic heterocycles. The van der Waals surface area contributed by atoms with Gasteiger partial charge in [0.1, 0.15) is 5.65 Å². The van der Waals surface area contributed by atoms with E-state index in [4.69, 9.17) is 2.74 Å². The minimum atomic E-state index is -0.479. The summed E-state index contributed by atoms with van der Waals surface area (Å²) < 4.78 is 16.6. The number of aryl methyl sites for hydroxylation is 1. The van der Waals surface area contributed by atoms with Crippen LogP contribution in [0.4, 0.5) is 0 Å². The van der Waals surface area contributed by atoms with E-state index in [0.717, 1.165) is 4.40 Å². The molecule has 0 atom stereocenters. The third-order valence-electron chi connectivity index (χ3n) is 2.34. The van der Waals surface area contributed by atoms with Gasteiger partial charge in [-0.1, -0.05) is 6.04 Å². The zero-order valence-corrected chi connectivity index (χ0v) is 12.9. The van der Waals surface area contributed by atoms with Gasteiger partial charge in [0.05, 0.1) is 8.30 Å². The topological polar surface area (TPSA) is 87.1 Å². The first-order valence-corrected chi connectivity index (χ1v) is 4.77. The Kier molecular flexibility index (Phi) is 3.26. The van der Waals surface area contributed by atoms with Gasteiger partial charge in [-0.05, 0) is 18.6 Å². The molecular formula is C10H7KN6O. The van der Waals surface area contributed by atoms with Crippen molar-refractivity contribution in [3.8, 4) is 11.4 Å². The van der Waals surface area contributed by atoms with Crippen molar-refractivity contribution >= 4 is 5.65 Å². The van der Waals surface area contributed by atoms with Gasteiger partial charge in [0.25, 0.3) is 5.56 Å². The summed E-state index contributed by atoms with van der Waals surface area (Å²) >= 11 is 0. The standard InChI is InChI=1S/C10H7N6O.K/c1-6-3-2-4-16-9(6)11-5-7(10(16)17)8-12-14-15-13-8;/h2-5H,1H3;/q-1;+1/i3D,4D;. The van der Waals surface area contributed by atoms with Gasteiger partial charge in [-0.2, -0.15) is 5.21 Å². The molecule has 0 fully saturated rings. The average Bonchev–Trinajstić information content (AvgIpc) is 2.89. The van der Waals surface area contributed by atoms with Gasteiger partial charge in [-0.3, -0.25) is 19.5 Å². The third-order valence-corrected chi connectivity index (χ3v) is 2.34. The Hall–Kier alpha value is -0.934. The summed E-state index contributed by atoms with van der Waals surface area (Å²) in [6, 6.07) is 1.45. The molecule has 0 saturated heterocycles. The van der Waals surface area contributed by atoms with Crippen LogP contribution in [0, 0.1) is 6.92 Å². The largest absolute Gasteiger partial charge is 1.00 e. The summed E-state index contributed by atoms with van der Waals surface area (Å²) in [5.74, 6) is 0.0684. The van der Waals surface area contributed by atoms with Crippen molar-refractivity contribution in [2.75, 3.05) is 0 Å². The second kappa shape index (κ2) is 5.37. The third kappa shape index (κ3) is 2.17. The first-order chi connectivity index (χ1) is 9.09. The van der Waals surface area contributed by atoms with Gasteiger partial charge < -0.3 is 5.10 Å². The van der Waals surface area contributed by atoms with Crippen molar-refractivity contribution < 1.29 is 54.1 Å². The molecular weight excluding hydrogens is 259 g/mol. The van der Waals surface area contributed by atoms with E-state index < -0.39 is 5.56 Å². The molecule has 0 amide bonds. The van der Waals surface area contributed by atoms with E-state index in [-0.39, 0.29) is 80.6 Å². The van der Waals surface area contributed by atoms with E-state index in [2.05, 4.69) is 25.6 Å². The Morgan fingerprint density at radius 2 is 2.33 bits per heavy atom. The number of rotatable bonds is 1. The van der Waals surface area contributed by atoms with Crippen LogP contribution in [0.1, 0.15) is 8.30 Å². The van der Waals surface area contributed by atoms with Crippen molar-refractivity contribution in [3.63, 3.8) is 0 Å². The molecule has 3 rings (SSSR count). The van der Waals surface area contributed by atoms with Crippen LogP contribution >= 0.6 is 0 Å². The van der Waals surface area contributed by atoms with Crippen LogP contribution in [0.5, 0.6) is 0 Å². The summed E-state index contributed by atoms with van der Waals surface area (Å²) in [4.78, 5) is 16.4. The van der Waals surface area contributed by atoms with Gasteiger partial charge in [0, 0.05) is 18.2 Å². The summed E-state index contributed by atoms with van der Waals surface area (Å²) in [5, 5.41) is 13.8. The summed E-state index contributed by atoms with van der Waals surface area (Å²) in [6.45, 7) is 1.67. The second-order valence-corrected chi connectivity index (χ2v) is 3.38. The monoisotopic (exact) mass is 268 g/mol. The molecule has 3 heterocycles. The molecule has 0 unspecified atom stereocenters. The van der Waals surface area contributed by atoms with Gasteiger partial charge in [0.15, 0.2) is 0 Å². The Bertz CT molecular complexity index is 832. The average molecular weight is 268 g/mol. The molecule has 3 aromatic heterocycles. The number of tetrazole rings is 1. The van der Waals surface area contributed by atoms with Crippen LogP contribution in [-0.4, -0.2) is 24.9 Å². The van der Waals surface area contributed by atoms with E-state index >= 15 is 0 Å². The first kappa shape index (κ1) is 10.9. The van der Waals surface area contributed by atoms with Gasteiger partial charge in [-0.25, -0.2) is 4.98 Å². The molecule has 84 valence electrons. The molecule has 0 saturated carbocycles. The van der Waals surface area contributed by atoms with Crippen molar-refractivity contribution in [1.82, 2.24) is 30.0 Å². The van der Waals surface area contributed by atoms with E-state index in [1.165, 1.54) is 12.3 Å². The molecule has 0 bridgehead atoms. The fourth-order valence-corrected chi connectivity index (χ4v) is 1.52. The van der Waals surface area contributed by atoms with Crippen LogP contribution < -0.4 is 62.0 Å². The maximum Gasteiger partial charge on any atom is 1.00 e. The second-order valence-electron chi connectivity index (χ2n) is 3.38. The van der Waals surface area contributed by atoms with E-state index in [0.29, 0.717) is 5.56 Å². The SMILES string of the molecule is [2H]c1cc([2H])n2c(=O)c(-c3nnn[n-]3)cnc2c1C.[K+]. The minimum Gasteiger partial charge on any atom is -0.330 e. The zero-order chi connectivity index (χ0) is 13.6. The predicted octanol–water partition coefficient (Wildman–Crippen LogP) is -3.18. The fourth-order valence-electron chi connectivity index (χ4n) is 1.52. The molecule has 0 spiro atoms. The smallest absolute Gasteiger partial charge is 0.330 e. The van der Waals surface area contributed by atoms with E-state index in [9.17, 15) is 4.79 Å². The van der Waals surface area contributed by atoms with Crippen molar-refractivity contribution in [2.45, 2.75) is 6.92 Å². The van der Waals surface area contributed by atoms with Crippen LogP contribution in [0.25, 0.3) is 17.0 Å². The van der Waals surface area contributed by atoms with Gasteiger partial charge >= 0.3 is 51.4 Å². The number of nitrogens with zero attached hydrogens (tertiary/aromatic N) is 6. The summed E-state index contributed by atoms with van der Waals surface area (Å²) in [5.41, 5.74) is 0.444. The molecule has 18 heavy (non-hydrogen) atoms. The van der Waals surface area contributed by atoms with Crippen molar-refractivity contribution in [1.29, 1.82) is 0 Å². The maximum atomic E-state index is 12.3. The minimum absolute atomic E-state index is 0. The predicted molar refractivity (Wildman–Crippen MR) is 58.3 cm³/mol. The molecule has 7 nitrogen and oxygen atoms in total. The van der Waals surface area contributed by atoms with Crippen LogP contribution in [0.15, 0.2) is 29.3 Å². The number of pyridine rings is 1. The zero-order valence-electron chi connectivity index (χ0n) is 11.7. The fraction of sp³-hybridized carbons (Fsp3) is 0.100. The number of aromatic nitrogens is 6. The van der Waals surface area contributed by atoms with Crippen LogP contribution in [-0.2, 0) is 0 Å². The molecule has 3 aromatic rings. The molecule has 8 heteroatoms. The maximum absolute atomic E-state index is 12.3. The van der Waals surface area contributed by atoms with Crippen LogP contribution in [0.2, 0.25) is 0 Å². The Balaban J connectivity index is 0.00000147. The Morgan fingerprint density at radius 3 is 3.06 bits per heavy atom. The summed E-state index contributed by atoms with van der Waals surface area (Å²) in [7, 11) is 0. The van der Waals surface area contributed by atoms with E-state index in [1.54, 1.807) is 6.92 Å². The van der Waals surface area contributed by atoms with Crippen LogP contribution in [0.3, 0.4) is 0 Å². The van der Waals surface area contributed by atoms with Gasteiger partial charge in [-0.15, -0.1) is 0 Å². The molecule has 0 aliphatic rings. The number of hydrogen-bond acceptors (Lipinski definition) is 5. The number of hydrogen-bond donors (Lipinski definition) is 0. The normalized spacial score (nSPS) is 11.8. The molecule has 0 aromatic carbocycles. The van der Waals surface area contributed by atoms with E-state index in [1.807, 2.05) is 0 Å². The molecule has 0 aliphatic carbocycles. The Labute approximate surface area is 147 Å². The first-order valence-electron chi connectivity index (χ1n) is 5.77. The van der Waals surface area contributed by atoms with Crippen molar-refractivity contribution in [2.24, 2.45) is 0 Å². The summed E-state index contributed by atoms with van der Waals surface area (Å²) in [6.07, 6.45) is 1.19. The number of fused-ring (bicyclic) bond motifs is 1. The quantitative estimate of drug-likeness (QED) is 0.432. The molecule has 0 N–H and O–H groups in total.